The van der Waals surface area contributed by atoms with Crippen LogP contribution in [0.1, 0.15) is 62.3 Å². The number of nitrogens with one attached hydrogen (secondary N) is 6. The highest BCUT2D eigenvalue weighted by molar-refractivity contribution is 6.01. The molecule has 570 valence electrons. The second kappa shape index (κ2) is 36.8. The van der Waals surface area contributed by atoms with Gasteiger partial charge in [0, 0.05) is 73.3 Å². The Bertz CT molecular complexity index is 4990. The van der Waals surface area contributed by atoms with Gasteiger partial charge in [0.1, 0.15) is 52.1 Å². The van der Waals surface area contributed by atoms with E-state index in [1.165, 1.54) is 14.2 Å². The van der Waals surface area contributed by atoms with Crippen LogP contribution in [-0.2, 0) is 33.3 Å². The molecule has 0 aliphatic heterocycles. The zero-order chi connectivity index (χ0) is 79.2. The van der Waals surface area contributed by atoms with Gasteiger partial charge in [-0.3, -0.25) is 14.4 Å². The molecule has 5 amide bonds. The van der Waals surface area contributed by atoms with Gasteiger partial charge in [0.25, 0.3) is 11.8 Å². The molecule has 0 spiro atoms. The molecule has 0 bridgehead atoms. The van der Waals surface area contributed by atoms with Gasteiger partial charge in [-0.25, -0.2) is 64.0 Å². The third-order valence-electron chi connectivity index (χ3n) is 16.2. The number of primary amides is 1. The number of hydrogen-bond acceptors (Lipinski definition) is 25. The van der Waals surface area contributed by atoms with Crippen LogP contribution in [0.4, 0.5) is 56.0 Å². The van der Waals surface area contributed by atoms with Gasteiger partial charge in [-0.05, 0) is 163 Å². The quantitative estimate of drug-likeness (QED) is 0.0218. The van der Waals surface area contributed by atoms with E-state index >= 15 is 0 Å². The minimum Gasteiger partial charge on any atom is -0.467 e. The lowest BCUT2D eigenvalue weighted by atomic mass is 10.1. The SMILES string of the molecule is CNc1nccc(-c2nc3ccc(C(=O)NC(CN(c4ccccc4)c4ccccn4)C(=O)OC)cc3[nH]2)n1.CNc1nccc(-c2nc3ccc(C(=O)NC(CN(c4ccccc4)c4ccccn4)C(N)=O)cc3[nH]2)n1.COC(=O)C(CN(c1ccccc1)c1ccccn1)N(C(=O)OC(C)(C)C)C(=O)OC(C)(C)C. The number of fused-ring (bicyclic) bond motifs is 2. The number of nitrogens with zero attached hydrogens (tertiary/aromatic N) is 13. The third-order valence-corrected chi connectivity index (χ3v) is 16.2. The number of pyridine rings is 3. The summed E-state index contributed by atoms with van der Waals surface area (Å²) in [6, 6.07) is 54.7. The molecule has 0 saturated carbocycles. The Labute approximate surface area is 639 Å². The Kier molecular flexibility index (Phi) is 26.3. The molecule has 3 unspecified atom stereocenters. The first-order valence-electron chi connectivity index (χ1n) is 34.9. The number of esters is 2. The van der Waals surface area contributed by atoms with Crippen molar-refractivity contribution in [2.75, 3.05) is 73.3 Å². The molecule has 12 aromatic rings. The van der Waals surface area contributed by atoms with Crippen molar-refractivity contribution < 1.29 is 52.5 Å². The van der Waals surface area contributed by atoms with Crippen LogP contribution in [0.15, 0.2) is 225 Å². The van der Waals surface area contributed by atoms with Crippen molar-refractivity contribution in [3.05, 3.63) is 236 Å². The number of H-pyrrole nitrogens is 2. The van der Waals surface area contributed by atoms with Gasteiger partial charge in [0.2, 0.25) is 17.8 Å². The molecule has 0 fully saturated rings. The van der Waals surface area contributed by atoms with Gasteiger partial charge in [-0.2, -0.15) is 4.90 Å². The summed E-state index contributed by atoms with van der Waals surface area (Å²) in [5.74, 6) is 0.859. The van der Waals surface area contributed by atoms with Crippen LogP contribution in [-0.4, -0.2) is 179 Å². The Hall–Kier alpha value is -14.3. The first kappa shape index (κ1) is 79.3. The highest BCUT2D eigenvalue weighted by atomic mass is 16.6. The molecule has 12 rings (SSSR count). The van der Waals surface area contributed by atoms with Gasteiger partial charge in [-0.15, -0.1) is 0 Å². The van der Waals surface area contributed by atoms with Crippen molar-refractivity contribution in [3.63, 3.8) is 0 Å². The van der Waals surface area contributed by atoms with E-state index in [0.29, 0.717) is 96.2 Å². The number of carbonyl (C=O) groups excluding carboxylic acids is 7. The monoisotopic (exact) mass is 1500 g/mol. The Morgan fingerprint density at radius 2 is 0.802 bits per heavy atom. The summed E-state index contributed by atoms with van der Waals surface area (Å²) in [5, 5.41) is 11.4. The molecular weight excluding hydrogens is 1420 g/mol. The smallest absolute Gasteiger partial charge is 0.420 e. The Morgan fingerprint density at radius 1 is 0.432 bits per heavy atom. The van der Waals surface area contributed by atoms with E-state index in [1.54, 1.807) is 164 Å². The van der Waals surface area contributed by atoms with Crippen LogP contribution in [0.3, 0.4) is 0 Å². The molecule has 7 aromatic heterocycles. The number of methoxy groups -OCH3 is 2. The fourth-order valence-electron chi connectivity index (χ4n) is 11.0. The van der Waals surface area contributed by atoms with Crippen LogP contribution < -0.4 is 41.7 Å². The molecule has 31 heteroatoms. The number of benzene rings is 5. The van der Waals surface area contributed by atoms with Crippen molar-refractivity contribution >= 4 is 110 Å². The van der Waals surface area contributed by atoms with Crippen LogP contribution in [0.5, 0.6) is 0 Å². The number of hydrogen-bond donors (Lipinski definition) is 7. The highest BCUT2D eigenvalue weighted by Crippen LogP contribution is 2.30. The van der Waals surface area contributed by atoms with Crippen molar-refractivity contribution in [1.82, 2.24) is 70.4 Å². The van der Waals surface area contributed by atoms with E-state index in [4.69, 9.17) is 24.7 Å². The normalized spacial score (nSPS) is 11.8. The molecule has 0 radical (unpaired) electrons. The summed E-state index contributed by atoms with van der Waals surface area (Å²) in [6.07, 6.45) is 6.17. The number of para-hydroxylation sites is 3. The Morgan fingerprint density at radius 3 is 1.15 bits per heavy atom. The van der Waals surface area contributed by atoms with Gasteiger partial charge < -0.3 is 70.6 Å². The summed E-state index contributed by atoms with van der Waals surface area (Å²) in [5.41, 5.74) is 10.8. The highest BCUT2D eigenvalue weighted by Gasteiger charge is 2.43. The zero-order valence-corrected chi connectivity index (χ0v) is 62.6. The number of ether oxygens (including phenoxy) is 4. The molecule has 0 saturated heterocycles. The lowest BCUT2D eigenvalue weighted by Gasteiger charge is -2.35. The lowest BCUT2D eigenvalue weighted by Crippen LogP contribution is -2.55. The van der Waals surface area contributed by atoms with Crippen molar-refractivity contribution in [1.29, 1.82) is 0 Å². The van der Waals surface area contributed by atoms with E-state index in [0.717, 1.165) is 11.4 Å². The van der Waals surface area contributed by atoms with E-state index in [2.05, 4.69) is 76.1 Å². The van der Waals surface area contributed by atoms with Gasteiger partial charge in [0.05, 0.1) is 55.9 Å². The fourth-order valence-corrected chi connectivity index (χ4v) is 11.0. The van der Waals surface area contributed by atoms with Crippen LogP contribution in [0.25, 0.3) is 45.1 Å². The number of aromatic nitrogens is 11. The van der Waals surface area contributed by atoms with E-state index < -0.39 is 71.2 Å². The number of imide groups is 1. The maximum Gasteiger partial charge on any atom is 0.420 e. The van der Waals surface area contributed by atoms with Gasteiger partial charge in [-0.1, -0.05) is 72.8 Å². The second-order valence-corrected chi connectivity index (χ2v) is 26.4. The molecule has 31 nitrogen and oxygen atoms in total. The molecule has 7 heterocycles. The summed E-state index contributed by atoms with van der Waals surface area (Å²) in [4.78, 5) is 143. The minimum absolute atomic E-state index is 0.0973. The molecule has 5 aromatic carbocycles. The van der Waals surface area contributed by atoms with Crippen molar-refractivity contribution in [2.24, 2.45) is 5.73 Å². The van der Waals surface area contributed by atoms with Crippen molar-refractivity contribution in [2.45, 2.75) is 70.9 Å². The maximum atomic E-state index is 13.3. The maximum absolute atomic E-state index is 13.3. The predicted molar refractivity (Wildman–Crippen MR) is 420 cm³/mol. The topological polar surface area (TPSA) is 391 Å². The average molecular weight is 1500 g/mol. The zero-order valence-electron chi connectivity index (χ0n) is 62.6. The summed E-state index contributed by atoms with van der Waals surface area (Å²) < 4.78 is 20.9. The minimum atomic E-state index is -1.39. The number of amides is 5. The average Bonchev–Trinajstić information content (AvgIpc) is 1.77. The van der Waals surface area contributed by atoms with Crippen LogP contribution in [0.2, 0.25) is 0 Å². The molecule has 0 aliphatic carbocycles. The first-order valence-corrected chi connectivity index (χ1v) is 34.9. The molecule has 3 atom stereocenters. The van der Waals surface area contributed by atoms with E-state index in [1.807, 2.05) is 131 Å². The predicted octanol–water partition coefficient (Wildman–Crippen LogP) is 11.4. The molecular formula is C80H84N20O11. The molecule has 8 N–H and O–H groups in total. The largest absolute Gasteiger partial charge is 0.467 e. The number of rotatable bonds is 24. The van der Waals surface area contributed by atoms with Gasteiger partial charge in [0.15, 0.2) is 17.7 Å². The fraction of sp³-hybridized carbons (Fsp3) is 0.225. The summed E-state index contributed by atoms with van der Waals surface area (Å²) in [7, 11) is 5.95. The molecule has 0 aliphatic rings. The third kappa shape index (κ3) is 21.5. The lowest BCUT2D eigenvalue weighted by molar-refractivity contribution is -0.146. The molecule has 111 heavy (non-hydrogen) atoms. The number of nitrogens with two attached hydrogens (primary N) is 1. The standard InChI is InChI=1S/C28H26N8O3.C27H25N9O2.C25H33N3O6/c1-29-28-31-15-13-21(35-28)25-32-20-12-11-18(16-22(20)33-25)26(37)34-23(27(38)39-2)17-36(19-8-4-3-5-9-19)24-10-6-7-14-30-24;1-29-27-31-14-12-20(35-27)25-32-19-11-10-17(15-21(19)33-25)26(38)34-22(24(28)37)16-36(18-7-3-2-4-8-18)23-9-5-6-13-30-23;1-24(2,3)33-22(30)28(23(31)34-25(4,5)6)19(21(29)32-7)17-27(18-13-9-8-10-14-18)20-15-11-12-16-26-20/h3-16,23H,17H2,1-2H3,(H,32,33)(H,34,37)(H,29,31,35);2-15,22H,16H2,1H3,(H2,28,37)(H,32,33)(H,34,38)(H,29,31,35);8-16,19H,17H2,1-7H3. The number of anilines is 8. The summed E-state index contributed by atoms with van der Waals surface area (Å²) >= 11 is 0. The first-order chi connectivity index (χ1) is 53.4. The Balaban J connectivity index is 0.000000178. The number of imidazole rings is 2. The van der Waals surface area contributed by atoms with Crippen LogP contribution in [0, 0.1) is 0 Å². The van der Waals surface area contributed by atoms with E-state index in [9.17, 15) is 33.6 Å². The van der Waals surface area contributed by atoms with Gasteiger partial charge >= 0.3 is 24.1 Å². The van der Waals surface area contributed by atoms with E-state index in [-0.39, 0.29) is 19.6 Å². The van der Waals surface area contributed by atoms with Crippen LogP contribution >= 0.6 is 0 Å². The second-order valence-electron chi connectivity index (χ2n) is 26.4. The van der Waals surface area contributed by atoms with Crippen molar-refractivity contribution in [3.8, 4) is 23.0 Å². The number of carbonyl (C=O) groups is 7. The summed E-state index contributed by atoms with van der Waals surface area (Å²) in [6.45, 7) is 10.0. The number of aromatic amines is 2.